The average Bonchev–Trinajstić information content (AvgIpc) is 3.05. The van der Waals surface area contributed by atoms with E-state index in [9.17, 15) is 19.5 Å². The van der Waals surface area contributed by atoms with E-state index in [1.54, 1.807) is 39.4 Å². The van der Waals surface area contributed by atoms with Crippen LogP contribution in [0.1, 0.15) is 11.5 Å². The van der Waals surface area contributed by atoms with E-state index in [2.05, 4.69) is 5.32 Å². The maximum Gasteiger partial charge on any atom is 0.317 e. The number of carboxylic acids is 1. The Labute approximate surface area is 146 Å². The number of urea groups is 1. The molecule has 25 heavy (non-hydrogen) atoms. The van der Waals surface area contributed by atoms with Gasteiger partial charge in [0.25, 0.3) is 0 Å². The number of ether oxygens (including phenoxy) is 1. The Morgan fingerprint density at radius 2 is 2.04 bits per heavy atom. The fraction of sp³-hybridized carbons (Fsp3) is 0.471. The second-order valence-electron chi connectivity index (χ2n) is 6.18. The van der Waals surface area contributed by atoms with Crippen LogP contribution in [0.3, 0.4) is 0 Å². The van der Waals surface area contributed by atoms with Crippen LogP contribution < -0.4 is 10.1 Å². The molecule has 136 valence electrons. The van der Waals surface area contributed by atoms with Gasteiger partial charge in [-0.3, -0.25) is 9.59 Å². The van der Waals surface area contributed by atoms with Crippen molar-refractivity contribution in [3.8, 4) is 5.75 Å². The van der Waals surface area contributed by atoms with Gasteiger partial charge in [-0.05, 0) is 17.7 Å². The van der Waals surface area contributed by atoms with Gasteiger partial charge in [0.15, 0.2) is 0 Å². The number of carboxylic acid groups (broad SMARTS) is 1. The first-order valence-corrected chi connectivity index (χ1v) is 7.93. The average molecular weight is 349 g/mol. The third kappa shape index (κ3) is 4.40. The van der Waals surface area contributed by atoms with Crippen LogP contribution in [0.4, 0.5) is 4.79 Å². The van der Waals surface area contributed by atoms with Crippen molar-refractivity contribution in [2.75, 3.05) is 40.8 Å². The Bertz CT molecular complexity index is 661. The molecule has 8 heteroatoms. The lowest BCUT2D eigenvalue weighted by molar-refractivity contribution is -0.141. The fourth-order valence-electron chi connectivity index (χ4n) is 2.89. The number of likely N-dealkylation sites (tertiary alicyclic amines) is 1. The van der Waals surface area contributed by atoms with Crippen molar-refractivity contribution in [1.29, 1.82) is 0 Å². The summed E-state index contributed by atoms with van der Waals surface area (Å²) in [5, 5.41) is 12.0. The molecule has 1 aliphatic rings. The number of hydrogen-bond donors (Lipinski definition) is 2. The Kier molecular flexibility index (Phi) is 5.84. The fourth-order valence-corrected chi connectivity index (χ4v) is 2.89. The first kappa shape index (κ1) is 18.6. The molecule has 2 atom stereocenters. The number of amides is 3. The standard InChI is InChI=1S/C17H23N3O5/c1-19(2)17(24)18-8-15(21)20-9-13(14(10-20)16(22)23)11-5-4-6-12(7-11)25-3/h4-7,13-14H,8-10H2,1-3H3,(H,18,24)(H,22,23)/t13-,14+/m0/s1. The van der Waals surface area contributed by atoms with E-state index < -0.39 is 11.9 Å². The van der Waals surface area contributed by atoms with Crippen LogP contribution in [0.5, 0.6) is 5.75 Å². The summed E-state index contributed by atoms with van der Waals surface area (Å²) >= 11 is 0. The summed E-state index contributed by atoms with van der Waals surface area (Å²) in [5.74, 6) is -1.61. The van der Waals surface area contributed by atoms with Crippen molar-refractivity contribution < 1.29 is 24.2 Å². The van der Waals surface area contributed by atoms with Crippen molar-refractivity contribution >= 4 is 17.9 Å². The second-order valence-corrected chi connectivity index (χ2v) is 6.18. The lowest BCUT2D eigenvalue weighted by Crippen LogP contribution is -2.42. The summed E-state index contributed by atoms with van der Waals surface area (Å²) in [6.45, 7) is 0.253. The van der Waals surface area contributed by atoms with E-state index in [0.29, 0.717) is 12.3 Å². The monoisotopic (exact) mass is 349 g/mol. The summed E-state index contributed by atoms with van der Waals surface area (Å²) in [7, 11) is 4.70. The molecule has 0 unspecified atom stereocenters. The minimum absolute atomic E-state index is 0.119. The lowest BCUT2D eigenvalue weighted by atomic mass is 9.89. The van der Waals surface area contributed by atoms with Crippen molar-refractivity contribution in [2.24, 2.45) is 5.92 Å². The molecule has 1 aromatic rings. The molecule has 1 aromatic carbocycles. The second kappa shape index (κ2) is 7.87. The van der Waals surface area contributed by atoms with Gasteiger partial charge in [-0.2, -0.15) is 0 Å². The zero-order valence-corrected chi connectivity index (χ0v) is 14.6. The Balaban J connectivity index is 2.10. The molecule has 0 bridgehead atoms. The highest BCUT2D eigenvalue weighted by atomic mass is 16.5. The molecular formula is C17H23N3O5. The van der Waals surface area contributed by atoms with Crippen LogP contribution in [0.15, 0.2) is 24.3 Å². The van der Waals surface area contributed by atoms with Crippen LogP contribution in [-0.4, -0.2) is 73.7 Å². The number of aliphatic carboxylic acids is 1. The molecule has 8 nitrogen and oxygen atoms in total. The molecule has 2 N–H and O–H groups in total. The zero-order chi connectivity index (χ0) is 18.6. The highest BCUT2D eigenvalue weighted by Crippen LogP contribution is 2.34. The third-order valence-electron chi connectivity index (χ3n) is 4.31. The smallest absolute Gasteiger partial charge is 0.317 e. The molecule has 2 rings (SSSR count). The normalized spacial score (nSPS) is 19.4. The van der Waals surface area contributed by atoms with Gasteiger partial charge in [-0.15, -0.1) is 0 Å². The van der Waals surface area contributed by atoms with E-state index in [1.807, 2.05) is 6.07 Å². The Hall–Kier alpha value is -2.77. The first-order chi connectivity index (χ1) is 11.8. The van der Waals surface area contributed by atoms with E-state index in [4.69, 9.17) is 4.74 Å². The van der Waals surface area contributed by atoms with Gasteiger partial charge >= 0.3 is 12.0 Å². The number of carbonyl (C=O) groups is 3. The number of hydrogen-bond acceptors (Lipinski definition) is 4. The van der Waals surface area contributed by atoms with Crippen molar-refractivity contribution in [2.45, 2.75) is 5.92 Å². The number of nitrogens with zero attached hydrogens (tertiary/aromatic N) is 2. The van der Waals surface area contributed by atoms with E-state index in [-0.39, 0.29) is 30.9 Å². The van der Waals surface area contributed by atoms with Gasteiger partial charge in [0, 0.05) is 33.1 Å². The van der Waals surface area contributed by atoms with Crippen LogP contribution >= 0.6 is 0 Å². The minimum Gasteiger partial charge on any atom is -0.497 e. The molecule has 0 aromatic heterocycles. The first-order valence-electron chi connectivity index (χ1n) is 7.93. The van der Waals surface area contributed by atoms with Crippen LogP contribution in [0.25, 0.3) is 0 Å². The van der Waals surface area contributed by atoms with Crippen LogP contribution in [0, 0.1) is 5.92 Å². The van der Waals surface area contributed by atoms with Crippen molar-refractivity contribution in [3.63, 3.8) is 0 Å². The predicted octanol–water partition coefficient (Wildman–Crippen LogP) is 0.593. The third-order valence-corrected chi connectivity index (χ3v) is 4.31. The van der Waals surface area contributed by atoms with Crippen LogP contribution in [-0.2, 0) is 9.59 Å². The molecule has 1 saturated heterocycles. The molecular weight excluding hydrogens is 326 g/mol. The summed E-state index contributed by atoms with van der Waals surface area (Å²) in [6.07, 6.45) is 0. The van der Waals surface area contributed by atoms with Crippen molar-refractivity contribution in [3.05, 3.63) is 29.8 Å². The van der Waals surface area contributed by atoms with Crippen molar-refractivity contribution in [1.82, 2.24) is 15.1 Å². The van der Waals surface area contributed by atoms with Gasteiger partial charge in [-0.1, -0.05) is 12.1 Å². The number of rotatable bonds is 5. The SMILES string of the molecule is COc1cccc([C@@H]2CN(C(=O)CNC(=O)N(C)C)C[C@H]2C(=O)O)c1. The predicted molar refractivity (Wildman–Crippen MR) is 90.5 cm³/mol. The highest BCUT2D eigenvalue weighted by Gasteiger charge is 2.40. The van der Waals surface area contributed by atoms with Crippen LogP contribution in [0.2, 0.25) is 0 Å². The molecule has 0 radical (unpaired) electrons. The highest BCUT2D eigenvalue weighted by molar-refractivity contribution is 5.85. The number of carbonyl (C=O) groups excluding carboxylic acids is 2. The molecule has 0 spiro atoms. The summed E-state index contributed by atoms with van der Waals surface area (Å²) < 4.78 is 5.19. The van der Waals surface area contributed by atoms with Gasteiger partial charge in [-0.25, -0.2) is 4.79 Å². The number of methoxy groups -OCH3 is 1. The number of nitrogens with one attached hydrogen (secondary N) is 1. The number of benzene rings is 1. The van der Waals surface area contributed by atoms with Gasteiger partial charge < -0.3 is 25.0 Å². The largest absolute Gasteiger partial charge is 0.497 e. The molecule has 1 heterocycles. The van der Waals surface area contributed by atoms with E-state index in [0.717, 1.165) is 5.56 Å². The molecule has 0 aliphatic carbocycles. The molecule has 3 amide bonds. The maximum atomic E-state index is 12.3. The summed E-state index contributed by atoms with van der Waals surface area (Å²) in [4.78, 5) is 38.3. The molecule has 0 saturated carbocycles. The minimum atomic E-state index is -0.944. The maximum absolute atomic E-state index is 12.3. The lowest BCUT2D eigenvalue weighted by Gasteiger charge is -2.18. The Morgan fingerprint density at radius 1 is 1.32 bits per heavy atom. The quantitative estimate of drug-likeness (QED) is 0.811. The zero-order valence-electron chi connectivity index (χ0n) is 14.6. The topological polar surface area (TPSA) is 99.2 Å². The van der Waals surface area contributed by atoms with E-state index in [1.165, 1.54) is 9.80 Å². The van der Waals surface area contributed by atoms with Gasteiger partial charge in [0.05, 0.1) is 19.6 Å². The summed E-state index contributed by atoms with van der Waals surface area (Å²) in [6, 6.07) is 6.85. The molecule has 1 fully saturated rings. The summed E-state index contributed by atoms with van der Waals surface area (Å²) in [5.41, 5.74) is 0.819. The Morgan fingerprint density at radius 3 is 2.64 bits per heavy atom. The van der Waals surface area contributed by atoms with Gasteiger partial charge in [0.1, 0.15) is 5.75 Å². The molecule has 1 aliphatic heterocycles. The van der Waals surface area contributed by atoms with Gasteiger partial charge in [0.2, 0.25) is 5.91 Å². The van der Waals surface area contributed by atoms with E-state index >= 15 is 0 Å².